The van der Waals surface area contributed by atoms with Crippen LogP contribution in [-0.4, -0.2) is 10.9 Å². The summed E-state index contributed by atoms with van der Waals surface area (Å²) >= 11 is 0. The van der Waals surface area contributed by atoms with Crippen LogP contribution in [-0.2, 0) is 0 Å². The summed E-state index contributed by atoms with van der Waals surface area (Å²) < 4.78 is 13.2. The molecule has 0 spiro atoms. The fourth-order valence-corrected chi connectivity index (χ4v) is 2.22. The number of carbonyl (C=O) groups excluding carboxylic acids is 1. The third-order valence-corrected chi connectivity index (χ3v) is 3.35. The number of nitrogens with one attached hydrogen (secondary N) is 2. The Bertz CT molecular complexity index is 839. The van der Waals surface area contributed by atoms with Crippen LogP contribution in [0.25, 0.3) is 10.9 Å². The molecule has 0 atom stereocenters. The van der Waals surface area contributed by atoms with Crippen LogP contribution >= 0.6 is 0 Å². The van der Waals surface area contributed by atoms with Gasteiger partial charge in [-0.05, 0) is 42.8 Å². The van der Waals surface area contributed by atoms with Crippen LogP contribution in [0.5, 0.6) is 0 Å². The molecule has 106 valence electrons. The van der Waals surface area contributed by atoms with E-state index in [9.17, 15) is 9.18 Å². The lowest BCUT2D eigenvalue weighted by Gasteiger charge is -2.05. The number of benzene rings is 2. The number of aryl methyl sites for hydroxylation is 1. The van der Waals surface area contributed by atoms with Gasteiger partial charge >= 0.3 is 0 Å². The Labute approximate surface area is 120 Å². The van der Waals surface area contributed by atoms with Crippen molar-refractivity contribution in [1.29, 1.82) is 0 Å². The lowest BCUT2D eigenvalue weighted by Crippen LogP contribution is -2.12. The van der Waals surface area contributed by atoms with Gasteiger partial charge in [0, 0.05) is 11.1 Å². The van der Waals surface area contributed by atoms with E-state index in [1.807, 2.05) is 12.1 Å². The summed E-state index contributed by atoms with van der Waals surface area (Å²) in [5.41, 5.74) is 8.61. The lowest BCUT2D eigenvalue weighted by atomic mass is 10.2. The Hall–Kier alpha value is -2.82. The van der Waals surface area contributed by atoms with E-state index in [0.717, 1.165) is 10.9 Å². The third-order valence-electron chi connectivity index (χ3n) is 3.35. The zero-order chi connectivity index (χ0) is 15.0. The first-order chi connectivity index (χ1) is 10.0. The molecule has 4 N–H and O–H groups in total. The molecule has 0 unspecified atom stereocenters. The molecule has 0 saturated carbocycles. The van der Waals surface area contributed by atoms with Gasteiger partial charge in [-0.3, -0.25) is 4.79 Å². The van der Waals surface area contributed by atoms with Gasteiger partial charge in [-0.2, -0.15) is 0 Å². The van der Waals surface area contributed by atoms with Crippen LogP contribution in [0.2, 0.25) is 0 Å². The second kappa shape index (κ2) is 4.94. The molecule has 2 aromatic carbocycles. The molecule has 4 nitrogen and oxygen atoms in total. The van der Waals surface area contributed by atoms with Gasteiger partial charge in [0.2, 0.25) is 0 Å². The highest BCUT2D eigenvalue weighted by Crippen LogP contribution is 2.22. The summed E-state index contributed by atoms with van der Waals surface area (Å²) in [6.07, 6.45) is 0. The van der Waals surface area contributed by atoms with E-state index in [-0.39, 0.29) is 11.7 Å². The van der Waals surface area contributed by atoms with Gasteiger partial charge in [-0.15, -0.1) is 0 Å². The highest BCUT2D eigenvalue weighted by atomic mass is 19.1. The summed E-state index contributed by atoms with van der Waals surface area (Å²) in [5, 5.41) is 3.60. The maximum atomic E-state index is 13.2. The molecule has 1 aromatic heterocycles. The zero-order valence-corrected chi connectivity index (χ0v) is 11.4. The number of nitrogen functional groups attached to an aromatic ring is 1. The molecule has 21 heavy (non-hydrogen) atoms. The van der Waals surface area contributed by atoms with E-state index < -0.39 is 0 Å². The van der Waals surface area contributed by atoms with Crippen molar-refractivity contribution in [3.05, 3.63) is 59.5 Å². The number of H-pyrrole nitrogens is 1. The zero-order valence-electron chi connectivity index (χ0n) is 11.4. The highest BCUT2D eigenvalue weighted by Gasteiger charge is 2.11. The number of anilines is 2. The number of carbonyl (C=O) groups is 1. The van der Waals surface area contributed by atoms with Gasteiger partial charge in [-0.25, -0.2) is 4.39 Å². The largest absolute Gasteiger partial charge is 0.397 e. The van der Waals surface area contributed by atoms with Crippen molar-refractivity contribution < 1.29 is 9.18 Å². The van der Waals surface area contributed by atoms with Crippen molar-refractivity contribution in [1.82, 2.24) is 4.98 Å². The van der Waals surface area contributed by atoms with E-state index in [0.29, 0.717) is 22.6 Å². The van der Waals surface area contributed by atoms with Gasteiger partial charge in [-0.1, -0.05) is 12.1 Å². The first kappa shape index (κ1) is 13.2. The molecule has 1 amide bonds. The summed E-state index contributed by atoms with van der Waals surface area (Å²) in [6, 6.07) is 11.6. The van der Waals surface area contributed by atoms with E-state index >= 15 is 0 Å². The standard InChI is InChI=1S/C16H14FN3O/c1-9-7-11(5-6-12(9)17)19-16(21)14-8-10-3-2-4-13(18)15(10)20-14/h2-8,20H,18H2,1H3,(H,19,21). The van der Waals surface area contributed by atoms with E-state index in [1.54, 1.807) is 25.1 Å². The Morgan fingerprint density at radius 2 is 2.05 bits per heavy atom. The molecule has 0 aliphatic rings. The molecule has 1 heterocycles. The number of rotatable bonds is 2. The topological polar surface area (TPSA) is 70.9 Å². The molecule has 5 heteroatoms. The summed E-state index contributed by atoms with van der Waals surface area (Å²) in [4.78, 5) is 15.2. The number of nitrogens with two attached hydrogens (primary N) is 1. The predicted octanol–water partition coefficient (Wildman–Crippen LogP) is 3.45. The smallest absolute Gasteiger partial charge is 0.272 e. The molecule has 0 aliphatic carbocycles. The molecule has 0 aliphatic heterocycles. The first-order valence-corrected chi connectivity index (χ1v) is 6.49. The number of aromatic amines is 1. The van der Waals surface area contributed by atoms with Gasteiger partial charge in [0.15, 0.2) is 0 Å². The minimum absolute atomic E-state index is 0.295. The van der Waals surface area contributed by atoms with E-state index in [4.69, 9.17) is 5.73 Å². The normalized spacial score (nSPS) is 10.8. The van der Waals surface area contributed by atoms with Crippen molar-refractivity contribution in [3.8, 4) is 0 Å². The minimum atomic E-state index is -0.300. The number of hydrogen-bond acceptors (Lipinski definition) is 2. The van der Waals surface area contributed by atoms with Crippen molar-refractivity contribution in [2.75, 3.05) is 11.1 Å². The van der Waals surface area contributed by atoms with Crippen LogP contribution in [0.3, 0.4) is 0 Å². The maximum Gasteiger partial charge on any atom is 0.272 e. The van der Waals surface area contributed by atoms with Gasteiger partial charge in [0.05, 0.1) is 11.2 Å². The number of fused-ring (bicyclic) bond motifs is 1. The fraction of sp³-hybridized carbons (Fsp3) is 0.0625. The molecule has 3 rings (SSSR count). The molecule has 0 fully saturated rings. The van der Waals surface area contributed by atoms with Gasteiger partial charge < -0.3 is 16.0 Å². The minimum Gasteiger partial charge on any atom is -0.397 e. The highest BCUT2D eigenvalue weighted by molar-refractivity contribution is 6.07. The monoisotopic (exact) mass is 283 g/mol. The average Bonchev–Trinajstić information content (AvgIpc) is 2.89. The number of amides is 1. The maximum absolute atomic E-state index is 13.2. The number of para-hydroxylation sites is 1. The molecule has 0 saturated heterocycles. The van der Waals surface area contributed by atoms with Crippen molar-refractivity contribution in [2.24, 2.45) is 0 Å². The second-order valence-corrected chi connectivity index (χ2v) is 4.91. The van der Waals surface area contributed by atoms with Gasteiger partial charge in [0.1, 0.15) is 11.5 Å². The predicted molar refractivity (Wildman–Crippen MR) is 81.8 cm³/mol. The van der Waals surface area contributed by atoms with Crippen molar-refractivity contribution >= 4 is 28.2 Å². The fourth-order valence-electron chi connectivity index (χ4n) is 2.22. The van der Waals surface area contributed by atoms with Crippen LogP contribution in [0, 0.1) is 12.7 Å². The third kappa shape index (κ3) is 2.45. The number of aromatic nitrogens is 1. The molecule has 0 bridgehead atoms. The van der Waals surface area contributed by atoms with Crippen LogP contribution in [0.1, 0.15) is 16.1 Å². The number of halogens is 1. The quantitative estimate of drug-likeness (QED) is 0.630. The Balaban J connectivity index is 1.90. The van der Waals surface area contributed by atoms with Crippen LogP contribution in [0.4, 0.5) is 15.8 Å². The number of hydrogen-bond donors (Lipinski definition) is 3. The van der Waals surface area contributed by atoms with Crippen LogP contribution < -0.4 is 11.1 Å². The average molecular weight is 283 g/mol. The second-order valence-electron chi connectivity index (χ2n) is 4.91. The molecule has 3 aromatic rings. The van der Waals surface area contributed by atoms with E-state index in [2.05, 4.69) is 10.3 Å². The molecule has 0 radical (unpaired) electrons. The summed E-state index contributed by atoms with van der Waals surface area (Å²) in [5.74, 6) is -0.594. The summed E-state index contributed by atoms with van der Waals surface area (Å²) in [6.45, 7) is 1.65. The molecular formula is C16H14FN3O. The first-order valence-electron chi connectivity index (χ1n) is 6.49. The SMILES string of the molecule is Cc1cc(NC(=O)c2cc3cccc(N)c3[nH]2)ccc1F. The van der Waals surface area contributed by atoms with Crippen LogP contribution in [0.15, 0.2) is 42.5 Å². The Morgan fingerprint density at radius 3 is 2.76 bits per heavy atom. The lowest BCUT2D eigenvalue weighted by molar-refractivity contribution is 0.102. The van der Waals surface area contributed by atoms with E-state index in [1.165, 1.54) is 12.1 Å². The van der Waals surface area contributed by atoms with Gasteiger partial charge in [0.25, 0.3) is 5.91 Å². The van der Waals surface area contributed by atoms with Crippen molar-refractivity contribution in [3.63, 3.8) is 0 Å². The molecular weight excluding hydrogens is 269 g/mol. The Morgan fingerprint density at radius 1 is 1.24 bits per heavy atom. The Kier molecular flexibility index (Phi) is 3.10. The summed E-state index contributed by atoms with van der Waals surface area (Å²) in [7, 11) is 0. The van der Waals surface area contributed by atoms with Crippen molar-refractivity contribution in [2.45, 2.75) is 6.92 Å².